The highest BCUT2D eigenvalue weighted by Gasteiger charge is 2.18. The summed E-state index contributed by atoms with van der Waals surface area (Å²) in [6.45, 7) is 4.90. The molecule has 1 heterocycles. The monoisotopic (exact) mass is 362 g/mol. The van der Waals surface area contributed by atoms with Crippen molar-refractivity contribution in [2.24, 2.45) is 0 Å². The summed E-state index contributed by atoms with van der Waals surface area (Å²) in [5, 5.41) is 0. The number of hydrogen-bond donors (Lipinski definition) is 0. The first-order chi connectivity index (χ1) is 13.2. The number of nitrogens with zero attached hydrogens (tertiary/aromatic N) is 2. The van der Waals surface area contributed by atoms with Gasteiger partial charge in [0.05, 0.1) is 12.8 Å². The van der Waals surface area contributed by atoms with Crippen LogP contribution >= 0.6 is 0 Å². The molecule has 0 unspecified atom stereocenters. The minimum Gasteiger partial charge on any atom is -0.480 e. The minimum absolute atomic E-state index is 0.338. The molecule has 3 nitrogen and oxygen atoms in total. The van der Waals surface area contributed by atoms with Crippen LogP contribution in [0.2, 0.25) is 0 Å². The van der Waals surface area contributed by atoms with Gasteiger partial charge in [-0.05, 0) is 11.1 Å². The zero-order valence-electron chi connectivity index (χ0n) is 15.4. The number of halogens is 1. The van der Waals surface area contributed by atoms with Crippen LogP contribution in [0.1, 0.15) is 16.8 Å². The molecule has 0 fully saturated rings. The van der Waals surface area contributed by atoms with E-state index in [1.165, 1.54) is 6.07 Å². The van der Waals surface area contributed by atoms with Crippen LogP contribution in [0.3, 0.4) is 0 Å². The smallest absolute Gasteiger partial charge is 0.237 e. The van der Waals surface area contributed by atoms with Gasteiger partial charge in [0.2, 0.25) is 5.88 Å². The van der Waals surface area contributed by atoms with Crippen molar-refractivity contribution in [3.63, 3.8) is 0 Å². The first kappa shape index (κ1) is 18.6. The maximum atomic E-state index is 14.6. The zero-order valence-corrected chi connectivity index (χ0v) is 15.4. The van der Waals surface area contributed by atoms with Gasteiger partial charge in [-0.3, -0.25) is 0 Å². The number of ether oxygens (including phenoxy) is 1. The van der Waals surface area contributed by atoms with Gasteiger partial charge in [0.1, 0.15) is 11.5 Å². The van der Waals surface area contributed by atoms with Crippen molar-refractivity contribution >= 4 is 5.69 Å². The van der Waals surface area contributed by atoms with Crippen LogP contribution in [0.25, 0.3) is 0 Å². The number of rotatable bonds is 8. The van der Waals surface area contributed by atoms with Gasteiger partial charge in [-0.2, -0.15) is 0 Å². The molecule has 1 aromatic heterocycles. The zero-order chi connectivity index (χ0) is 19.1. The van der Waals surface area contributed by atoms with Crippen molar-refractivity contribution in [2.45, 2.75) is 19.5 Å². The Kier molecular flexibility index (Phi) is 6.21. The minimum atomic E-state index is -0.350. The molecule has 3 rings (SSSR count). The molecule has 0 aliphatic rings. The average Bonchev–Trinajstić information content (AvgIpc) is 2.70. The lowest BCUT2D eigenvalue weighted by molar-refractivity contribution is 0.393. The van der Waals surface area contributed by atoms with Crippen LogP contribution in [-0.2, 0) is 19.5 Å². The fourth-order valence-corrected chi connectivity index (χ4v) is 2.99. The Morgan fingerprint density at radius 3 is 2.04 bits per heavy atom. The van der Waals surface area contributed by atoms with E-state index in [0.29, 0.717) is 36.8 Å². The Morgan fingerprint density at radius 1 is 1.00 bits per heavy atom. The molecule has 0 radical (unpaired) electrons. The summed E-state index contributed by atoms with van der Waals surface area (Å²) >= 11 is 0. The highest BCUT2D eigenvalue weighted by Crippen LogP contribution is 2.31. The van der Waals surface area contributed by atoms with Crippen LogP contribution in [0.5, 0.6) is 5.88 Å². The fourth-order valence-electron chi connectivity index (χ4n) is 2.99. The van der Waals surface area contributed by atoms with Gasteiger partial charge >= 0.3 is 0 Å². The third kappa shape index (κ3) is 4.73. The van der Waals surface area contributed by atoms with Crippen molar-refractivity contribution < 1.29 is 9.13 Å². The van der Waals surface area contributed by atoms with Crippen molar-refractivity contribution in [1.29, 1.82) is 0 Å². The van der Waals surface area contributed by atoms with Crippen LogP contribution in [0.15, 0.2) is 79.4 Å². The molecule has 0 saturated heterocycles. The number of allylic oxidation sites excluding steroid dienone is 1. The average molecular weight is 362 g/mol. The Morgan fingerprint density at radius 2 is 1.56 bits per heavy atom. The van der Waals surface area contributed by atoms with Gasteiger partial charge in [-0.1, -0.05) is 66.7 Å². The van der Waals surface area contributed by atoms with E-state index >= 15 is 0 Å². The van der Waals surface area contributed by atoms with Crippen LogP contribution < -0.4 is 9.64 Å². The molecule has 0 atom stereocenters. The van der Waals surface area contributed by atoms with E-state index in [-0.39, 0.29) is 5.82 Å². The summed E-state index contributed by atoms with van der Waals surface area (Å²) in [5.74, 6) is 0.0666. The summed E-state index contributed by atoms with van der Waals surface area (Å²) in [6.07, 6.45) is 2.00. The Bertz CT molecular complexity index is 840. The van der Waals surface area contributed by atoms with Crippen molar-refractivity contribution in [1.82, 2.24) is 4.98 Å². The molecule has 27 heavy (non-hydrogen) atoms. The van der Waals surface area contributed by atoms with E-state index in [0.717, 1.165) is 11.1 Å². The maximum Gasteiger partial charge on any atom is 0.237 e. The molecule has 0 amide bonds. The second-order valence-electron chi connectivity index (χ2n) is 6.27. The van der Waals surface area contributed by atoms with Crippen molar-refractivity contribution in [3.05, 3.63) is 102 Å². The predicted octanol–water partition coefficient (Wildman–Crippen LogP) is 5.16. The van der Waals surface area contributed by atoms with Gasteiger partial charge in [0.25, 0.3) is 0 Å². The fraction of sp³-hybridized carbons (Fsp3) is 0.174. The molecule has 4 heteroatoms. The summed E-state index contributed by atoms with van der Waals surface area (Å²) in [4.78, 5) is 6.46. The van der Waals surface area contributed by atoms with Crippen molar-refractivity contribution in [2.75, 3.05) is 12.0 Å². The second-order valence-corrected chi connectivity index (χ2v) is 6.27. The second kappa shape index (κ2) is 8.99. The summed E-state index contributed by atoms with van der Waals surface area (Å²) < 4.78 is 20.1. The number of hydrogen-bond acceptors (Lipinski definition) is 3. The predicted molar refractivity (Wildman–Crippen MR) is 107 cm³/mol. The van der Waals surface area contributed by atoms with E-state index < -0.39 is 0 Å². The van der Waals surface area contributed by atoms with Crippen molar-refractivity contribution in [3.8, 4) is 5.88 Å². The first-order valence-electron chi connectivity index (χ1n) is 8.88. The molecule has 0 aliphatic heterocycles. The van der Waals surface area contributed by atoms with E-state index in [1.807, 2.05) is 36.4 Å². The van der Waals surface area contributed by atoms with Gasteiger partial charge in [0, 0.05) is 25.6 Å². The SMILES string of the molecule is C=CCc1nc(OC)c(N(Cc2ccccc2)Cc2ccccc2)cc1F. The van der Waals surface area contributed by atoms with Gasteiger partial charge < -0.3 is 9.64 Å². The van der Waals surface area contributed by atoms with Gasteiger partial charge in [-0.25, -0.2) is 9.37 Å². The maximum absolute atomic E-state index is 14.6. The number of aromatic nitrogens is 1. The molecule has 0 saturated carbocycles. The lowest BCUT2D eigenvalue weighted by Crippen LogP contribution is -2.23. The van der Waals surface area contributed by atoms with E-state index in [4.69, 9.17) is 4.74 Å². The quantitative estimate of drug-likeness (QED) is 0.517. The lowest BCUT2D eigenvalue weighted by Gasteiger charge is -2.27. The molecule has 0 aliphatic carbocycles. The number of pyridine rings is 1. The molecule has 0 N–H and O–H groups in total. The van der Waals surface area contributed by atoms with E-state index in [2.05, 4.69) is 40.7 Å². The standard InChI is InChI=1S/C23H23FN2O/c1-3-10-21-20(24)15-22(23(25-21)27-2)26(16-18-11-6-4-7-12-18)17-19-13-8-5-9-14-19/h3-9,11-15H,1,10,16-17H2,2H3. The highest BCUT2D eigenvalue weighted by molar-refractivity contribution is 5.56. The largest absolute Gasteiger partial charge is 0.480 e. The molecule has 0 bridgehead atoms. The highest BCUT2D eigenvalue weighted by atomic mass is 19.1. The summed E-state index contributed by atoms with van der Waals surface area (Å²) in [5.41, 5.74) is 3.23. The number of anilines is 1. The van der Waals surface area contributed by atoms with Gasteiger partial charge in [-0.15, -0.1) is 6.58 Å². The molecule has 3 aromatic rings. The molecule has 2 aromatic carbocycles. The van der Waals surface area contributed by atoms with Crippen LogP contribution in [-0.4, -0.2) is 12.1 Å². The van der Waals surface area contributed by atoms with E-state index in [1.54, 1.807) is 13.2 Å². The first-order valence-corrected chi connectivity index (χ1v) is 8.88. The van der Waals surface area contributed by atoms with E-state index in [9.17, 15) is 4.39 Å². The Hall–Kier alpha value is -3.14. The Balaban J connectivity index is 2.00. The number of benzene rings is 2. The topological polar surface area (TPSA) is 25.4 Å². The normalized spacial score (nSPS) is 10.4. The molecular formula is C23H23FN2O. The third-order valence-corrected chi connectivity index (χ3v) is 4.30. The van der Waals surface area contributed by atoms with Crippen LogP contribution in [0, 0.1) is 5.82 Å². The molecule has 0 spiro atoms. The molecule has 138 valence electrons. The molecular weight excluding hydrogens is 339 g/mol. The summed E-state index contributed by atoms with van der Waals surface area (Å²) in [6, 6.07) is 21.7. The third-order valence-electron chi connectivity index (χ3n) is 4.30. The Labute approximate surface area is 159 Å². The lowest BCUT2D eigenvalue weighted by atomic mass is 10.1. The van der Waals surface area contributed by atoms with Crippen LogP contribution in [0.4, 0.5) is 10.1 Å². The number of methoxy groups -OCH3 is 1. The van der Waals surface area contributed by atoms with Gasteiger partial charge in [0.15, 0.2) is 0 Å². The summed E-state index contributed by atoms with van der Waals surface area (Å²) in [7, 11) is 1.56.